The number of hydrogen-bond acceptors (Lipinski definition) is 4. The second kappa shape index (κ2) is 7.93. The highest BCUT2D eigenvalue weighted by Gasteiger charge is 2.61. The molecule has 0 bridgehead atoms. The number of benzene rings is 2. The van der Waals surface area contributed by atoms with Gasteiger partial charge in [0.1, 0.15) is 11.9 Å². The summed E-state index contributed by atoms with van der Waals surface area (Å²) >= 11 is 0. The van der Waals surface area contributed by atoms with E-state index in [9.17, 15) is 13.2 Å². The quantitative estimate of drug-likeness (QED) is 0.722. The van der Waals surface area contributed by atoms with E-state index in [4.69, 9.17) is 4.74 Å². The molecule has 1 amide bonds. The van der Waals surface area contributed by atoms with Crippen molar-refractivity contribution in [1.82, 2.24) is 9.62 Å². The molecule has 3 aliphatic rings. The number of nitrogens with zero attached hydrogens (tertiary/aromatic N) is 1. The van der Waals surface area contributed by atoms with Crippen molar-refractivity contribution in [3.05, 3.63) is 59.9 Å². The molecule has 6 nitrogen and oxygen atoms in total. The molecule has 1 spiro atoms. The number of rotatable bonds is 6. The molecular formula is C24H27FN2O4S. The Bertz CT molecular complexity index is 1130. The minimum atomic E-state index is -3.50. The molecule has 32 heavy (non-hydrogen) atoms. The SMILES string of the molecule is CS(=O)(=O)N[C@H]1[C@@H](Cc2cccc(-c3ccccc3)c2F)N(C(=O)[C@@H]2CCO2)CC12CC2. The second-order valence-electron chi connectivity index (χ2n) is 9.26. The molecule has 0 aromatic heterocycles. The van der Waals surface area contributed by atoms with E-state index in [2.05, 4.69) is 4.72 Å². The largest absolute Gasteiger partial charge is 0.368 e. The zero-order valence-corrected chi connectivity index (χ0v) is 18.8. The number of likely N-dealkylation sites (tertiary alicyclic amines) is 1. The molecule has 1 saturated carbocycles. The van der Waals surface area contributed by atoms with E-state index in [-0.39, 0.29) is 23.6 Å². The first-order valence-electron chi connectivity index (χ1n) is 11.0. The lowest BCUT2D eigenvalue weighted by Crippen LogP contribution is -2.53. The maximum atomic E-state index is 15.6. The first-order valence-corrected chi connectivity index (χ1v) is 12.9. The van der Waals surface area contributed by atoms with E-state index in [0.29, 0.717) is 30.7 Å². The predicted octanol–water partition coefficient (Wildman–Crippen LogP) is 2.73. The van der Waals surface area contributed by atoms with Crippen molar-refractivity contribution in [2.75, 3.05) is 19.4 Å². The number of carbonyl (C=O) groups is 1. The Hall–Kier alpha value is -2.29. The summed E-state index contributed by atoms with van der Waals surface area (Å²) in [6, 6.07) is 13.7. The molecule has 2 heterocycles. The molecule has 2 aromatic carbocycles. The minimum Gasteiger partial charge on any atom is -0.368 e. The van der Waals surface area contributed by atoms with Gasteiger partial charge >= 0.3 is 0 Å². The Morgan fingerprint density at radius 3 is 2.50 bits per heavy atom. The van der Waals surface area contributed by atoms with Gasteiger partial charge in [0.25, 0.3) is 5.91 Å². The minimum absolute atomic E-state index is 0.120. The van der Waals surface area contributed by atoms with Crippen LogP contribution in [0.2, 0.25) is 0 Å². The third kappa shape index (κ3) is 3.95. The Labute approximate surface area is 187 Å². The van der Waals surface area contributed by atoms with Crippen molar-refractivity contribution in [3.63, 3.8) is 0 Å². The topological polar surface area (TPSA) is 75.7 Å². The standard InChI is InChI=1S/C24H27FN2O4S/c1-32(29,30)26-22-19(27(15-24(22)11-12-24)23(28)20-10-13-31-20)14-17-8-5-9-18(21(17)25)16-6-3-2-4-7-16/h2-9,19-20,22,26H,10-15H2,1H3/t19-,20+,22+/m1/s1. The van der Waals surface area contributed by atoms with Gasteiger partial charge in [0.05, 0.1) is 18.9 Å². The molecule has 2 aliphatic heterocycles. The third-order valence-corrected chi connectivity index (χ3v) is 7.70. The fraction of sp³-hybridized carbons (Fsp3) is 0.458. The van der Waals surface area contributed by atoms with Crippen molar-refractivity contribution in [2.45, 2.75) is 43.9 Å². The van der Waals surface area contributed by atoms with Crippen LogP contribution in [0.15, 0.2) is 48.5 Å². The van der Waals surface area contributed by atoms with Crippen LogP contribution in [0.5, 0.6) is 0 Å². The van der Waals surface area contributed by atoms with Crippen LogP contribution in [0.3, 0.4) is 0 Å². The molecule has 1 N–H and O–H groups in total. The fourth-order valence-corrected chi connectivity index (χ4v) is 5.96. The molecule has 170 valence electrons. The maximum absolute atomic E-state index is 15.6. The molecule has 3 fully saturated rings. The highest BCUT2D eigenvalue weighted by molar-refractivity contribution is 7.88. The van der Waals surface area contributed by atoms with Crippen LogP contribution in [-0.2, 0) is 26.0 Å². The molecule has 0 unspecified atom stereocenters. The van der Waals surface area contributed by atoms with E-state index in [1.54, 1.807) is 17.0 Å². The van der Waals surface area contributed by atoms with Crippen molar-refractivity contribution in [2.24, 2.45) is 5.41 Å². The van der Waals surface area contributed by atoms with Gasteiger partial charge in [-0.1, -0.05) is 48.5 Å². The number of halogens is 1. The van der Waals surface area contributed by atoms with Crippen LogP contribution in [0.25, 0.3) is 11.1 Å². The number of carbonyl (C=O) groups excluding carboxylic acids is 1. The van der Waals surface area contributed by atoms with Gasteiger partial charge in [-0.25, -0.2) is 17.5 Å². The molecule has 5 rings (SSSR count). The van der Waals surface area contributed by atoms with Crippen molar-refractivity contribution in [1.29, 1.82) is 0 Å². The summed E-state index contributed by atoms with van der Waals surface area (Å²) in [4.78, 5) is 14.9. The highest BCUT2D eigenvalue weighted by Crippen LogP contribution is 2.56. The third-order valence-electron chi connectivity index (χ3n) is 7.01. The molecule has 8 heteroatoms. The monoisotopic (exact) mass is 458 g/mol. The number of amides is 1. The van der Waals surface area contributed by atoms with Gasteiger partial charge < -0.3 is 9.64 Å². The summed E-state index contributed by atoms with van der Waals surface area (Å²) in [6.45, 7) is 1.03. The van der Waals surface area contributed by atoms with Gasteiger partial charge in [-0.15, -0.1) is 0 Å². The van der Waals surface area contributed by atoms with E-state index in [0.717, 1.165) is 24.7 Å². The summed E-state index contributed by atoms with van der Waals surface area (Å²) in [7, 11) is -3.50. The highest BCUT2D eigenvalue weighted by atomic mass is 32.2. The Morgan fingerprint density at radius 1 is 1.19 bits per heavy atom. The summed E-state index contributed by atoms with van der Waals surface area (Å²) < 4.78 is 48.1. The Morgan fingerprint density at radius 2 is 1.91 bits per heavy atom. The first-order chi connectivity index (χ1) is 15.3. The van der Waals surface area contributed by atoms with Gasteiger partial charge in [0.2, 0.25) is 10.0 Å². The smallest absolute Gasteiger partial charge is 0.252 e. The lowest BCUT2D eigenvalue weighted by Gasteiger charge is -2.34. The number of nitrogens with one attached hydrogen (secondary N) is 1. The molecule has 2 aromatic rings. The van der Waals surface area contributed by atoms with Crippen LogP contribution < -0.4 is 4.72 Å². The summed E-state index contributed by atoms with van der Waals surface area (Å²) in [5, 5.41) is 0. The Kier molecular flexibility index (Phi) is 5.34. The Balaban J connectivity index is 1.50. The molecular weight excluding hydrogens is 431 g/mol. The van der Waals surface area contributed by atoms with Crippen LogP contribution in [0, 0.1) is 11.2 Å². The van der Waals surface area contributed by atoms with Crippen molar-refractivity contribution < 1.29 is 22.3 Å². The van der Waals surface area contributed by atoms with E-state index < -0.39 is 28.2 Å². The van der Waals surface area contributed by atoms with Crippen molar-refractivity contribution >= 4 is 15.9 Å². The first kappa shape index (κ1) is 21.6. The van der Waals surface area contributed by atoms with E-state index >= 15 is 4.39 Å². The summed E-state index contributed by atoms with van der Waals surface area (Å²) in [6.07, 6.45) is 3.25. The van der Waals surface area contributed by atoms with Crippen LogP contribution in [0.1, 0.15) is 24.8 Å². The molecule has 1 aliphatic carbocycles. The van der Waals surface area contributed by atoms with Gasteiger partial charge in [-0.05, 0) is 30.4 Å². The molecule has 3 atom stereocenters. The fourth-order valence-electron chi connectivity index (χ4n) is 5.09. The van der Waals surface area contributed by atoms with Gasteiger partial charge in [-0.2, -0.15) is 0 Å². The molecule has 0 radical (unpaired) electrons. The maximum Gasteiger partial charge on any atom is 0.252 e. The zero-order chi connectivity index (χ0) is 22.5. The van der Waals surface area contributed by atoms with Crippen molar-refractivity contribution in [3.8, 4) is 11.1 Å². The zero-order valence-electron chi connectivity index (χ0n) is 18.0. The average Bonchev–Trinajstić information content (AvgIpc) is 3.43. The lowest BCUT2D eigenvalue weighted by atomic mass is 9.91. The predicted molar refractivity (Wildman–Crippen MR) is 119 cm³/mol. The summed E-state index contributed by atoms with van der Waals surface area (Å²) in [5.41, 5.74) is 1.47. The van der Waals surface area contributed by atoms with Gasteiger partial charge in [0, 0.05) is 30.0 Å². The number of ether oxygens (including phenoxy) is 1. The van der Waals surface area contributed by atoms with Crippen LogP contribution >= 0.6 is 0 Å². The normalized spacial score (nSPS) is 26.2. The van der Waals surface area contributed by atoms with Crippen LogP contribution in [0.4, 0.5) is 4.39 Å². The molecule has 2 saturated heterocycles. The number of hydrogen-bond donors (Lipinski definition) is 1. The van der Waals surface area contributed by atoms with E-state index in [1.807, 2.05) is 36.4 Å². The lowest BCUT2D eigenvalue weighted by molar-refractivity contribution is -0.157. The van der Waals surface area contributed by atoms with E-state index in [1.165, 1.54) is 0 Å². The second-order valence-corrected chi connectivity index (χ2v) is 11.0. The van der Waals surface area contributed by atoms with Gasteiger partial charge in [0.15, 0.2) is 0 Å². The summed E-state index contributed by atoms with van der Waals surface area (Å²) in [5.74, 6) is -0.453. The number of sulfonamides is 1. The van der Waals surface area contributed by atoms with Crippen LogP contribution in [-0.4, -0.2) is 56.8 Å². The van der Waals surface area contributed by atoms with Gasteiger partial charge in [-0.3, -0.25) is 4.79 Å². The average molecular weight is 459 g/mol.